The summed E-state index contributed by atoms with van der Waals surface area (Å²) in [5.74, 6) is 0.255. The van der Waals surface area contributed by atoms with E-state index in [0.717, 1.165) is 33.6 Å². The van der Waals surface area contributed by atoms with Gasteiger partial charge < -0.3 is 10.2 Å². The third-order valence-electron chi connectivity index (χ3n) is 6.36. The lowest BCUT2D eigenvalue weighted by molar-refractivity contribution is 0.281. The van der Waals surface area contributed by atoms with Gasteiger partial charge in [-0.3, -0.25) is 0 Å². The lowest BCUT2D eigenvalue weighted by atomic mass is 9.81. The van der Waals surface area contributed by atoms with Crippen LogP contribution in [0.25, 0.3) is 17.7 Å². The van der Waals surface area contributed by atoms with Crippen LogP contribution in [-0.4, -0.2) is 16.4 Å². The van der Waals surface area contributed by atoms with Crippen molar-refractivity contribution >= 4 is 35.3 Å². The second-order valence-electron chi connectivity index (χ2n) is 8.90. The van der Waals surface area contributed by atoms with E-state index in [-0.39, 0.29) is 19.1 Å². The van der Waals surface area contributed by atoms with Gasteiger partial charge in [0, 0.05) is 17.1 Å². The van der Waals surface area contributed by atoms with E-state index in [4.69, 9.17) is 5.10 Å². The van der Waals surface area contributed by atoms with Crippen LogP contribution >= 0.6 is 0 Å². The number of anilines is 2. The van der Waals surface area contributed by atoms with Gasteiger partial charge in [-0.1, -0.05) is 66.8 Å². The molecule has 3 aromatic carbocycles. The Morgan fingerprint density at radius 2 is 1.58 bits per heavy atom. The molecule has 1 unspecified atom stereocenters. The Morgan fingerprint density at radius 3 is 2.22 bits per heavy atom. The smallest absolute Gasteiger partial charge is 0.0681 e. The highest BCUT2D eigenvalue weighted by molar-refractivity contribution is 5.92. The minimum atomic E-state index is -0.00452. The molecule has 4 nitrogen and oxygen atoms in total. The van der Waals surface area contributed by atoms with E-state index >= 15 is 0 Å². The van der Waals surface area contributed by atoms with Gasteiger partial charge in [0.25, 0.3) is 0 Å². The van der Waals surface area contributed by atoms with E-state index in [1.807, 2.05) is 72.8 Å². The Bertz CT molecular complexity index is 1390. The van der Waals surface area contributed by atoms with Crippen LogP contribution < -0.4 is 5.01 Å². The summed E-state index contributed by atoms with van der Waals surface area (Å²) in [5.41, 5.74) is 12.7. The fourth-order valence-electron chi connectivity index (χ4n) is 4.47. The van der Waals surface area contributed by atoms with Crippen LogP contribution in [0.4, 0.5) is 11.4 Å². The number of fused-ring (bicyclic) bond motifs is 3. The normalized spacial score (nSPS) is 16.1. The van der Waals surface area contributed by atoms with Crippen molar-refractivity contribution in [2.24, 2.45) is 11.0 Å². The van der Waals surface area contributed by atoms with Crippen LogP contribution in [0.1, 0.15) is 34.7 Å². The predicted octanol–water partition coefficient (Wildman–Crippen LogP) is 6.65. The number of aliphatic hydroxyl groups excluding tert-OH is 2. The molecular formula is C32H28N2O2. The van der Waals surface area contributed by atoms with E-state index in [1.165, 1.54) is 16.7 Å². The van der Waals surface area contributed by atoms with E-state index in [1.54, 1.807) is 0 Å². The van der Waals surface area contributed by atoms with Crippen molar-refractivity contribution in [1.82, 2.24) is 0 Å². The maximum absolute atomic E-state index is 9.42. The number of hydrazone groups is 1. The first-order valence-corrected chi connectivity index (χ1v) is 12.0. The largest absolute Gasteiger partial charge is 0.392 e. The number of hydrogen-bond acceptors (Lipinski definition) is 4. The standard InChI is InChI=1S/C32H28N2O2/c1-23(19-28-7-4-6-27-14-13-26-5-2-3-8-31(26)32(27)28)20-33-34(29-15-9-24(21-35)10-16-29)30-17-11-25(22-36)12-18-30/h2-7,9-20,26,35-36H,21-22H2,1H3/b23-19+,33-20?. The van der Waals surface area contributed by atoms with Crippen LogP contribution in [0.15, 0.2) is 107 Å². The number of hydrogen-bond donors (Lipinski definition) is 2. The Morgan fingerprint density at radius 1 is 0.917 bits per heavy atom. The minimum Gasteiger partial charge on any atom is -0.392 e. The first kappa shape index (κ1) is 23.5. The molecule has 3 aromatic rings. The summed E-state index contributed by atoms with van der Waals surface area (Å²) < 4.78 is 0. The molecule has 0 bridgehead atoms. The zero-order chi connectivity index (χ0) is 24.9. The van der Waals surface area contributed by atoms with Gasteiger partial charge in [-0.25, -0.2) is 5.01 Å². The molecule has 2 aliphatic carbocycles. The average molecular weight is 473 g/mol. The van der Waals surface area contributed by atoms with Crippen LogP contribution in [0, 0.1) is 5.92 Å². The SMILES string of the molecule is C/C(C=NN(c1ccc(CO)cc1)c1ccc(CO)cc1)=C\c1cccc2c1C1=C=CC=CC1C=C2. The Labute approximate surface area is 211 Å². The first-order chi connectivity index (χ1) is 17.7. The van der Waals surface area contributed by atoms with Gasteiger partial charge in [0.1, 0.15) is 0 Å². The Balaban J connectivity index is 1.49. The fourth-order valence-corrected chi connectivity index (χ4v) is 4.47. The molecule has 0 fully saturated rings. The second kappa shape index (κ2) is 10.6. The van der Waals surface area contributed by atoms with Gasteiger partial charge in [0.2, 0.25) is 0 Å². The van der Waals surface area contributed by atoms with Gasteiger partial charge in [0.05, 0.1) is 30.8 Å². The highest BCUT2D eigenvalue weighted by Gasteiger charge is 2.21. The summed E-state index contributed by atoms with van der Waals surface area (Å²) in [4.78, 5) is 0. The zero-order valence-electron chi connectivity index (χ0n) is 20.2. The summed E-state index contributed by atoms with van der Waals surface area (Å²) in [6, 6.07) is 21.7. The van der Waals surface area contributed by atoms with Crippen LogP contribution in [-0.2, 0) is 13.2 Å². The molecule has 178 valence electrons. The number of nitrogens with zero attached hydrogens (tertiary/aromatic N) is 2. The zero-order valence-corrected chi connectivity index (χ0v) is 20.2. The quantitative estimate of drug-likeness (QED) is 0.230. The van der Waals surface area contributed by atoms with Crippen molar-refractivity contribution in [3.63, 3.8) is 0 Å². The molecule has 0 radical (unpaired) electrons. The maximum atomic E-state index is 9.42. The predicted molar refractivity (Wildman–Crippen MR) is 149 cm³/mol. The molecular weight excluding hydrogens is 444 g/mol. The summed E-state index contributed by atoms with van der Waals surface area (Å²) >= 11 is 0. The molecule has 0 aliphatic heterocycles. The maximum Gasteiger partial charge on any atom is 0.0681 e. The molecule has 2 aliphatic rings. The van der Waals surface area contributed by atoms with E-state index in [0.29, 0.717) is 0 Å². The molecule has 4 heteroatoms. The number of rotatable bonds is 7. The molecule has 0 aromatic heterocycles. The lowest BCUT2D eigenvalue weighted by Gasteiger charge is -2.23. The van der Waals surface area contributed by atoms with Gasteiger partial charge in [-0.15, -0.1) is 5.73 Å². The fraction of sp³-hybridized carbons (Fsp3) is 0.125. The summed E-state index contributed by atoms with van der Waals surface area (Å²) in [6.07, 6.45) is 14.7. The second-order valence-corrected chi connectivity index (χ2v) is 8.90. The van der Waals surface area contributed by atoms with Crippen molar-refractivity contribution in [2.75, 3.05) is 5.01 Å². The minimum absolute atomic E-state index is 0.00452. The highest BCUT2D eigenvalue weighted by atomic mass is 16.3. The number of allylic oxidation sites excluding steroid dienone is 5. The lowest BCUT2D eigenvalue weighted by Crippen LogP contribution is -2.10. The van der Waals surface area contributed by atoms with E-state index < -0.39 is 0 Å². The van der Waals surface area contributed by atoms with Crippen molar-refractivity contribution in [2.45, 2.75) is 20.1 Å². The first-order valence-electron chi connectivity index (χ1n) is 12.0. The Kier molecular flexibility index (Phi) is 6.92. The van der Waals surface area contributed by atoms with Gasteiger partial charge in [0.15, 0.2) is 0 Å². The van der Waals surface area contributed by atoms with Gasteiger partial charge in [-0.05, 0) is 71.2 Å². The van der Waals surface area contributed by atoms with Gasteiger partial charge in [-0.2, -0.15) is 5.10 Å². The number of benzene rings is 3. The molecule has 36 heavy (non-hydrogen) atoms. The molecule has 0 saturated carbocycles. The van der Waals surface area contributed by atoms with Crippen LogP contribution in [0.5, 0.6) is 0 Å². The van der Waals surface area contributed by atoms with E-state index in [2.05, 4.69) is 54.3 Å². The average Bonchev–Trinajstić information content (AvgIpc) is 2.93. The van der Waals surface area contributed by atoms with Crippen LogP contribution in [0.3, 0.4) is 0 Å². The topological polar surface area (TPSA) is 56.1 Å². The third kappa shape index (κ3) is 4.93. The van der Waals surface area contributed by atoms with Crippen molar-refractivity contribution in [1.29, 1.82) is 0 Å². The molecule has 1 atom stereocenters. The van der Waals surface area contributed by atoms with Crippen molar-refractivity contribution in [3.8, 4) is 0 Å². The third-order valence-corrected chi connectivity index (χ3v) is 6.36. The highest BCUT2D eigenvalue weighted by Crippen LogP contribution is 2.37. The molecule has 5 rings (SSSR count). The Hall–Kier alpha value is -4.21. The monoisotopic (exact) mass is 472 g/mol. The molecule has 0 saturated heterocycles. The summed E-state index contributed by atoms with van der Waals surface area (Å²) in [7, 11) is 0. The van der Waals surface area contributed by atoms with Crippen LogP contribution in [0.2, 0.25) is 0 Å². The number of aliphatic hydroxyl groups is 2. The summed E-state index contributed by atoms with van der Waals surface area (Å²) in [6.45, 7) is 2.04. The molecule has 0 heterocycles. The van der Waals surface area contributed by atoms with Gasteiger partial charge >= 0.3 is 0 Å². The van der Waals surface area contributed by atoms with Crippen molar-refractivity contribution in [3.05, 3.63) is 130 Å². The summed E-state index contributed by atoms with van der Waals surface area (Å²) in [5, 5.41) is 25.5. The van der Waals surface area contributed by atoms with Crippen molar-refractivity contribution < 1.29 is 10.2 Å². The van der Waals surface area contributed by atoms with E-state index in [9.17, 15) is 10.2 Å². The molecule has 2 N–H and O–H groups in total. The molecule has 0 amide bonds. The molecule has 0 spiro atoms.